The average molecular weight is 417 g/mol. The van der Waals surface area contributed by atoms with Gasteiger partial charge in [0.2, 0.25) is 0 Å². The van der Waals surface area contributed by atoms with Crippen LogP contribution in [-0.2, 0) is 0 Å². The lowest BCUT2D eigenvalue weighted by Gasteiger charge is -2.50. The fourth-order valence-corrected chi connectivity index (χ4v) is 6.67. The molecule has 166 valence electrons. The van der Waals surface area contributed by atoms with Crippen molar-refractivity contribution in [2.45, 2.75) is 91.3 Å². The second-order valence-corrected chi connectivity index (χ2v) is 11.2. The lowest BCUT2D eigenvalue weighted by atomic mass is 10.2. The number of nitrogens with zero attached hydrogens (tertiary/aromatic N) is 2. The van der Waals surface area contributed by atoms with E-state index in [1.165, 1.54) is 83.1 Å². The van der Waals surface area contributed by atoms with E-state index in [4.69, 9.17) is 0 Å². The maximum atomic E-state index is 4.00. The Bertz CT molecular complexity index is 521. The molecule has 0 saturated carbocycles. The lowest BCUT2D eigenvalue weighted by Crippen LogP contribution is -2.65. The van der Waals surface area contributed by atoms with E-state index in [0.717, 1.165) is 0 Å². The van der Waals surface area contributed by atoms with Crippen LogP contribution in [0.1, 0.15) is 91.5 Å². The van der Waals surface area contributed by atoms with E-state index in [1.54, 1.807) is 5.19 Å². The molecular weight excluding hydrogens is 368 g/mol. The van der Waals surface area contributed by atoms with Gasteiger partial charge in [-0.3, -0.25) is 9.80 Å². The summed E-state index contributed by atoms with van der Waals surface area (Å²) in [4.78, 5) is 5.75. The van der Waals surface area contributed by atoms with E-state index < -0.39 is 9.52 Å². The third-order valence-electron chi connectivity index (χ3n) is 6.21. The Morgan fingerprint density at radius 1 is 0.828 bits per heavy atom. The van der Waals surface area contributed by atoms with Crippen molar-refractivity contribution in [1.29, 1.82) is 0 Å². The van der Waals surface area contributed by atoms with Crippen LogP contribution in [-0.4, -0.2) is 50.8 Å². The van der Waals surface area contributed by atoms with Crippen LogP contribution in [0.2, 0.25) is 0 Å². The summed E-state index contributed by atoms with van der Waals surface area (Å²) < 4.78 is 0. The summed E-state index contributed by atoms with van der Waals surface area (Å²) in [5, 5.41) is 1.77. The molecule has 29 heavy (non-hydrogen) atoms. The molecule has 1 aromatic carbocycles. The van der Waals surface area contributed by atoms with Crippen molar-refractivity contribution in [2.75, 3.05) is 26.2 Å². The highest BCUT2D eigenvalue weighted by Gasteiger charge is 2.37. The summed E-state index contributed by atoms with van der Waals surface area (Å²) in [6.45, 7) is 20.8. The molecule has 3 heteroatoms. The van der Waals surface area contributed by atoms with Gasteiger partial charge >= 0.3 is 0 Å². The van der Waals surface area contributed by atoms with Crippen LogP contribution in [0.25, 0.3) is 6.08 Å². The predicted molar refractivity (Wildman–Crippen MR) is 136 cm³/mol. The highest BCUT2D eigenvalue weighted by molar-refractivity contribution is 6.56. The van der Waals surface area contributed by atoms with Gasteiger partial charge in [0.25, 0.3) is 0 Å². The van der Waals surface area contributed by atoms with Gasteiger partial charge in [-0.1, -0.05) is 95.5 Å². The quantitative estimate of drug-likeness (QED) is 0.241. The third-order valence-corrected chi connectivity index (χ3v) is 8.63. The van der Waals surface area contributed by atoms with E-state index in [0.29, 0.717) is 0 Å². The van der Waals surface area contributed by atoms with Gasteiger partial charge in [-0.15, -0.1) is 0 Å². The number of hydrogen-bond acceptors (Lipinski definition) is 2. The van der Waals surface area contributed by atoms with Gasteiger partial charge in [-0.2, -0.15) is 0 Å². The third kappa shape index (κ3) is 8.78. The maximum Gasteiger partial charge on any atom is 0.0959 e. The fourth-order valence-electron chi connectivity index (χ4n) is 4.22. The molecule has 0 spiro atoms. The van der Waals surface area contributed by atoms with E-state index in [1.807, 2.05) is 6.08 Å². The largest absolute Gasteiger partial charge is 0.289 e. The highest BCUT2D eigenvalue weighted by Crippen LogP contribution is 2.23. The first kappa shape index (κ1) is 26.1. The SMILES string of the molecule is C=Cc1cccc([SiH2]C(C)(N(CCCC)CCCC)N(CCCC)CCCC)c1. The number of rotatable bonds is 17. The molecule has 0 radical (unpaired) electrons. The van der Waals surface area contributed by atoms with Gasteiger partial charge in [0, 0.05) is 0 Å². The van der Waals surface area contributed by atoms with Crippen molar-refractivity contribution in [3.63, 3.8) is 0 Å². The van der Waals surface area contributed by atoms with Crippen LogP contribution in [0.15, 0.2) is 30.8 Å². The number of unbranched alkanes of at least 4 members (excludes halogenated alkanes) is 4. The Morgan fingerprint density at radius 3 is 1.66 bits per heavy atom. The topological polar surface area (TPSA) is 6.48 Å². The van der Waals surface area contributed by atoms with Crippen molar-refractivity contribution in [3.8, 4) is 0 Å². The van der Waals surface area contributed by atoms with Crippen LogP contribution in [0.5, 0.6) is 0 Å². The first-order chi connectivity index (χ1) is 14.0. The van der Waals surface area contributed by atoms with Crippen molar-refractivity contribution in [2.24, 2.45) is 0 Å². The van der Waals surface area contributed by atoms with E-state index in [9.17, 15) is 0 Å². The summed E-state index contributed by atoms with van der Waals surface area (Å²) in [5.74, 6) is 0. The minimum atomic E-state index is -0.527. The van der Waals surface area contributed by atoms with Crippen molar-refractivity contribution >= 4 is 20.8 Å². The van der Waals surface area contributed by atoms with Gasteiger partial charge in [0.05, 0.1) is 14.8 Å². The Morgan fingerprint density at radius 2 is 1.28 bits per heavy atom. The summed E-state index contributed by atoms with van der Waals surface area (Å²) in [7, 11) is -0.527. The fraction of sp³-hybridized carbons (Fsp3) is 0.692. The molecule has 0 saturated heterocycles. The molecular formula is C26H48N2Si. The smallest absolute Gasteiger partial charge is 0.0959 e. The van der Waals surface area contributed by atoms with Crippen LogP contribution in [0, 0.1) is 0 Å². The number of hydrogen-bond donors (Lipinski definition) is 0. The highest BCUT2D eigenvalue weighted by atomic mass is 28.2. The minimum absolute atomic E-state index is 0.203. The second kappa shape index (κ2) is 15.0. The van der Waals surface area contributed by atoms with Crippen LogP contribution in [0.4, 0.5) is 0 Å². The second-order valence-electron chi connectivity index (χ2n) is 8.73. The monoisotopic (exact) mass is 416 g/mol. The molecule has 2 nitrogen and oxygen atoms in total. The summed E-state index contributed by atoms with van der Waals surface area (Å²) in [5.41, 5.74) is 1.26. The molecule has 0 aliphatic heterocycles. The summed E-state index contributed by atoms with van der Waals surface area (Å²) >= 11 is 0. The Hall–Kier alpha value is -0.903. The Balaban J connectivity index is 3.29. The molecule has 0 fully saturated rings. The van der Waals surface area contributed by atoms with E-state index >= 15 is 0 Å². The standard InChI is InChI=1S/C26H48N2Si/c1-7-12-19-27(20-13-8-2)26(6,28(21-14-9-3)22-15-10-4)29-25-18-16-17-24(11-5)23-25/h11,16-18,23H,5,7-10,12-15,19-22,29H2,1-4,6H3. The predicted octanol–water partition coefficient (Wildman–Crippen LogP) is 5.60. The van der Waals surface area contributed by atoms with Crippen molar-refractivity contribution in [3.05, 3.63) is 36.4 Å². The van der Waals surface area contributed by atoms with Crippen molar-refractivity contribution in [1.82, 2.24) is 9.80 Å². The average Bonchev–Trinajstić information content (AvgIpc) is 2.73. The Labute approximate surface area is 184 Å². The van der Waals surface area contributed by atoms with Gasteiger partial charge in [-0.25, -0.2) is 0 Å². The lowest BCUT2D eigenvalue weighted by molar-refractivity contribution is 0.0127. The minimum Gasteiger partial charge on any atom is -0.289 e. The maximum absolute atomic E-state index is 4.00. The van der Waals surface area contributed by atoms with Gasteiger partial charge in [-0.05, 0) is 64.3 Å². The molecule has 0 unspecified atom stereocenters. The molecule has 0 N–H and O–H groups in total. The summed E-state index contributed by atoms with van der Waals surface area (Å²) in [6.07, 6.45) is 12.3. The number of benzene rings is 1. The molecule has 0 amide bonds. The van der Waals surface area contributed by atoms with Gasteiger partial charge in [0.15, 0.2) is 0 Å². The molecule has 0 heterocycles. The zero-order chi connectivity index (χ0) is 21.5. The van der Waals surface area contributed by atoms with Gasteiger partial charge in [0.1, 0.15) is 0 Å². The Kier molecular flexibility index (Phi) is 13.5. The zero-order valence-electron chi connectivity index (χ0n) is 20.2. The molecule has 0 aromatic heterocycles. The van der Waals surface area contributed by atoms with E-state index in [-0.39, 0.29) is 5.29 Å². The molecule has 1 aromatic rings. The molecule has 0 atom stereocenters. The van der Waals surface area contributed by atoms with Crippen molar-refractivity contribution < 1.29 is 0 Å². The van der Waals surface area contributed by atoms with Gasteiger partial charge < -0.3 is 0 Å². The molecule has 0 bridgehead atoms. The molecule has 0 aliphatic rings. The van der Waals surface area contributed by atoms with Crippen LogP contribution >= 0.6 is 0 Å². The normalized spacial score (nSPS) is 12.5. The molecule has 1 rings (SSSR count). The first-order valence-electron chi connectivity index (χ1n) is 12.3. The summed E-state index contributed by atoms with van der Waals surface area (Å²) in [6, 6.07) is 9.17. The molecule has 0 aliphatic carbocycles. The van der Waals surface area contributed by atoms with Crippen LogP contribution in [0.3, 0.4) is 0 Å². The first-order valence-corrected chi connectivity index (χ1v) is 13.7. The van der Waals surface area contributed by atoms with Crippen LogP contribution < -0.4 is 5.19 Å². The zero-order valence-corrected chi connectivity index (χ0v) is 21.6. The van der Waals surface area contributed by atoms with E-state index in [2.05, 4.69) is 75.3 Å².